The molecule has 0 atom stereocenters. The summed E-state index contributed by atoms with van der Waals surface area (Å²) in [5.41, 5.74) is 3.31. The van der Waals surface area contributed by atoms with Gasteiger partial charge in [0.05, 0.1) is 6.21 Å². The molecular weight excluding hydrogens is 222 g/mol. The van der Waals surface area contributed by atoms with Crippen LogP contribution in [0.25, 0.3) is 0 Å². The van der Waals surface area contributed by atoms with Crippen LogP contribution in [0.3, 0.4) is 0 Å². The number of phenols is 1. The third-order valence-corrected chi connectivity index (χ3v) is 1.94. The number of hydrazone groups is 1. The smallest absolute Gasteiger partial charge is 0.187 e. The molecule has 86 valence electrons. The predicted octanol–water partition coefficient (Wildman–Crippen LogP) is 1.60. The molecule has 0 saturated heterocycles. The fraction of sp³-hybridized carbons (Fsp3) is 0.273. The number of phenolic OH excluding ortho intramolecular Hbond substituents is 1. The molecule has 1 aromatic carbocycles. The maximum atomic E-state index is 9.45. The maximum Gasteiger partial charge on any atom is 0.187 e. The molecule has 0 aliphatic rings. The second-order valence-electron chi connectivity index (χ2n) is 3.56. The van der Waals surface area contributed by atoms with Crippen LogP contribution in [0.4, 0.5) is 0 Å². The number of aromatic hydroxyl groups is 1. The van der Waals surface area contributed by atoms with Gasteiger partial charge in [-0.3, -0.25) is 5.43 Å². The molecule has 0 spiro atoms. The van der Waals surface area contributed by atoms with Gasteiger partial charge in [0.25, 0.3) is 0 Å². The highest BCUT2D eigenvalue weighted by Gasteiger charge is 1.96. The van der Waals surface area contributed by atoms with Crippen LogP contribution in [0.2, 0.25) is 0 Å². The molecule has 0 unspecified atom stereocenters. The van der Waals surface area contributed by atoms with Crippen LogP contribution in [-0.2, 0) is 0 Å². The first-order chi connectivity index (χ1) is 7.59. The Bertz CT molecular complexity index is 391. The highest BCUT2D eigenvalue weighted by atomic mass is 32.1. The van der Waals surface area contributed by atoms with Crippen LogP contribution in [0.5, 0.6) is 5.75 Å². The van der Waals surface area contributed by atoms with E-state index in [9.17, 15) is 5.11 Å². The molecule has 0 saturated carbocycles. The van der Waals surface area contributed by atoms with E-state index < -0.39 is 0 Å². The molecule has 0 amide bonds. The van der Waals surface area contributed by atoms with Crippen molar-refractivity contribution in [2.45, 2.75) is 19.9 Å². The number of hydrogen-bond acceptors (Lipinski definition) is 3. The van der Waals surface area contributed by atoms with E-state index in [0.717, 1.165) is 0 Å². The third kappa shape index (κ3) is 4.27. The zero-order chi connectivity index (χ0) is 12.0. The van der Waals surface area contributed by atoms with E-state index in [-0.39, 0.29) is 11.8 Å². The second kappa shape index (κ2) is 6.07. The van der Waals surface area contributed by atoms with E-state index in [1.165, 1.54) is 6.21 Å². The Balaban J connectivity index is 2.49. The highest BCUT2D eigenvalue weighted by Crippen LogP contribution is 2.12. The average molecular weight is 237 g/mol. The minimum Gasteiger partial charge on any atom is -0.507 e. The summed E-state index contributed by atoms with van der Waals surface area (Å²) in [7, 11) is 0. The molecule has 3 N–H and O–H groups in total. The Morgan fingerprint density at radius 1 is 1.44 bits per heavy atom. The summed E-state index contributed by atoms with van der Waals surface area (Å²) in [6.45, 7) is 3.97. The molecular formula is C11H15N3OS. The maximum absolute atomic E-state index is 9.45. The third-order valence-electron chi connectivity index (χ3n) is 1.73. The van der Waals surface area contributed by atoms with Gasteiger partial charge < -0.3 is 10.4 Å². The Morgan fingerprint density at radius 2 is 2.12 bits per heavy atom. The van der Waals surface area contributed by atoms with E-state index in [0.29, 0.717) is 10.7 Å². The lowest BCUT2D eigenvalue weighted by Gasteiger charge is -2.09. The lowest BCUT2D eigenvalue weighted by Crippen LogP contribution is -2.36. The predicted molar refractivity (Wildman–Crippen MR) is 69.7 cm³/mol. The molecule has 5 heteroatoms. The van der Waals surface area contributed by atoms with E-state index in [4.69, 9.17) is 12.2 Å². The molecule has 1 aromatic rings. The van der Waals surface area contributed by atoms with Crippen LogP contribution in [-0.4, -0.2) is 22.5 Å². The Morgan fingerprint density at radius 3 is 2.75 bits per heavy atom. The fourth-order valence-electron chi connectivity index (χ4n) is 1.05. The van der Waals surface area contributed by atoms with Gasteiger partial charge in [-0.05, 0) is 38.2 Å². The van der Waals surface area contributed by atoms with Gasteiger partial charge in [-0.15, -0.1) is 0 Å². The summed E-state index contributed by atoms with van der Waals surface area (Å²) in [5.74, 6) is 0.191. The SMILES string of the molecule is CC(C)NC(=S)N/N=C/c1ccccc1O. The number of nitrogens with zero attached hydrogens (tertiary/aromatic N) is 1. The van der Waals surface area contributed by atoms with Crippen molar-refractivity contribution in [3.63, 3.8) is 0 Å². The van der Waals surface area contributed by atoms with Gasteiger partial charge in [-0.2, -0.15) is 5.10 Å². The minimum atomic E-state index is 0.191. The van der Waals surface area contributed by atoms with Gasteiger partial charge in [-0.1, -0.05) is 12.1 Å². The van der Waals surface area contributed by atoms with Crippen LogP contribution in [0, 0.1) is 0 Å². The summed E-state index contributed by atoms with van der Waals surface area (Å²) in [6.07, 6.45) is 1.52. The standard InChI is InChI=1S/C11H15N3OS/c1-8(2)13-11(16)14-12-7-9-5-3-4-6-10(9)15/h3-8,15H,1-2H3,(H2,13,14,16)/b12-7+. The summed E-state index contributed by atoms with van der Waals surface area (Å²) in [5, 5.41) is 16.8. The summed E-state index contributed by atoms with van der Waals surface area (Å²) < 4.78 is 0. The minimum absolute atomic E-state index is 0.191. The van der Waals surface area contributed by atoms with Crippen molar-refractivity contribution < 1.29 is 5.11 Å². The van der Waals surface area contributed by atoms with Crippen molar-refractivity contribution in [3.8, 4) is 5.75 Å². The topological polar surface area (TPSA) is 56.7 Å². The number of thiocarbonyl (C=S) groups is 1. The van der Waals surface area contributed by atoms with Gasteiger partial charge in [-0.25, -0.2) is 0 Å². The zero-order valence-electron chi connectivity index (χ0n) is 9.27. The largest absolute Gasteiger partial charge is 0.507 e. The van der Waals surface area contributed by atoms with Crippen molar-refractivity contribution in [2.24, 2.45) is 5.10 Å². The lowest BCUT2D eigenvalue weighted by molar-refractivity contribution is 0.474. The number of benzene rings is 1. The normalized spacial score (nSPS) is 10.7. The molecule has 16 heavy (non-hydrogen) atoms. The Kier molecular flexibility index (Phi) is 4.72. The molecule has 0 aliphatic carbocycles. The van der Waals surface area contributed by atoms with E-state index in [1.807, 2.05) is 19.9 Å². The average Bonchev–Trinajstić information content (AvgIpc) is 2.19. The van der Waals surface area contributed by atoms with Gasteiger partial charge in [0.1, 0.15) is 5.75 Å². The Hall–Kier alpha value is -1.62. The first kappa shape index (κ1) is 12.4. The van der Waals surface area contributed by atoms with Crippen molar-refractivity contribution in [1.29, 1.82) is 0 Å². The summed E-state index contributed by atoms with van der Waals surface area (Å²) >= 11 is 4.98. The quantitative estimate of drug-likeness (QED) is 0.424. The number of rotatable bonds is 3. The number of para-hydroxylation sites is 1. The fourth-order valence-corrected chi connectivity index (χ4v) is 1.34. The number of nitrogens with one attached hydrogen (secondary N) is 2. The van der Waals surface area contributed by atoms with Gasteiger partial charge in [0.2, 0.25) is 0 Å². The monoisotopic (exact) mass is 237 g/mol. The molecule has 0 fully saturated rings. The summed E-state index contributed by atoms with van der Waals surface area (Å²) in [6, 6.07) is 7.21. The van der Waals surface area contributed by atoms with Gasteiger partial charge in [0, 0.05) is 11.6 Å². The molecule has 1 rings (SSSR count). The van der Waals surface area contributed by atoms with Gasteiger partial charge >= 0.3 is 0 Å². The highest BCUT2D eigenvalue weighted by molar-refractivity contribution is 7.80. The van der Waals surface area contributed by atoms with Gasteiger partial charge in [0.15, 0.2) is 5.11 Å². The van der Waals surface area contributed by atoms with Crippen LogP contribution in [0.15, 0.2) is 29.4 Å². The molecule has 0 heterocycles. The first-order valence-corrected chi connectivity index (χ1v) is 5.38. The molecule has 0 bridgehead atoms. The van der Waals surface area contributed by atoms with E-state index in [1.54, 1.807) is 18.2 Å². The van der Waals surface area contributed by atoms with Crippen molar-refractivity contribution >= 4 is 23.5 Å². The lowest BCUT2D eigenvalue weighted by atomic mass is 10.2. The van der Waals surface area contributed by atoms with Crippen LogP contribution < -0.4 is 10.7 Å². The van der Waals surface area contributed by atoms with E-state index >= 15 is 0 Å². The van der Waals surface area contributed by atoms with Crippen molar-refractivity contribution in [1.82, 2.24) is 10.7 Å². The van der Waals surface area contributed by atoms with E-state index in [2.05, 4.69) is 15.8 Å². The summed E-state index contributed by atoms with van der Waals surface area (Å²) in [4.78, 5) is 0. The van der Waals surface area contributed by atoms with Crippen LogP contribution >= 0.6 is 12.2 Å². The first-order valence-electron chi connectivity index (χ1n) is 4.97. The molecule has 0 aromatic heterocycles. The van der Waals surface area contributed by atoms with Crippen molar-refractivity contribution in [2.75, 3.05) is 0 Å². The second-order valence-corrected chi connectivity index (χ2v) is 3.97. The van der Waals surface area contributed by atoms with Crippen LogP contribution in [0.1, 0.15) is 19.4 Å². The Labute approximate surface area is 100 Å². The molecule has 0 aliphatic heterocycles. The number of hydrogen-bond donors (Lipinski definition) is 3. The van der Waals surface area contributed by atoms with Crippen molar-refractivity contribution in [3.05, 3.63) is 29.8 Å². The molecule has 0 radical (unpaired) electrons. The zero-order valence-corrected chi connectivity index (χ0v) is 10.1. The molecule has 4 nitrogen and oxygen atoms in total.